The molecule has 3 rings (SSSR count). The minimum absolute atomic E-state index is 0.258. The van der Waals surface area contributed by atoms with Gasteiger partial charge in [-0.05, 0) is 12.8 Å². The Labute approximate surface area is 151 Å². The molecule has 136 valence electrons. The Balaban J connectivity index is 1.81. The summed E-state index contributed by atoms with van der Waals surface area (Å²) in [5.74, 6) is 1.58. The first-order valence-corrected chi connectivity index (χ1v) is 8.10. The summed E-state index contributed by atoms with van der Waals surface area (Å²) in [6, 6.07) is 3.12. The maximum Gasteiger partial charge on any atom is 0.361 e. The van der Waals surface area contributed by atoms with Crippen molar-refractivity contribution in [2.45, 2.75) is 12.8 Å². The smallest absolute Gasteiger partial charge is 0.361 e. The second kappa shape index (κ2) is 7.77. The van der Waals surface area contributed by atoms with Crippen molar-refractivity contribution < 1.29 is 23.7 Å². The van der Waals surface area contributed by atoms with Crippen molar-refractivity contribution in [1.82, 2.24) is 9.97 Å². The molecule has 26 heavy (non-hydrogen) atoms. The van der Waals surface area contributed by atoms with E-state index in [0.29, 0.717) is 23.1 Å². The molecule has 1 aliphatic rings. The summed E-state index contributed by atoms with van der Waals surface area (Å²) in [5.41, 5.74) is 1.22. The molecule has 7 nitrogen and oxygen atoms in total. The summed E-state index contributed by atoms with van der Waals surface area (Å²) in [4.78, 5) is 19.7. The third kappa shape index (κ3) is 3.56. The number of H-pyrrole nitrogens is 1. The third-order valence-electron chi connectivity index (χ3n) is 3.91. The molecular weight excluding hydrogens is 336 g/mol. The molecule has 0 bridgehead atoms. The Kier molecular flexibility index (Phi) is 5.26. The normalized spacial score (nSPS) is 13.1. The number of aromatic nitrogens is 2. The van der Waals surface area contributed by atoms with Crippen molar-refractivity contribution in [2.75, 3.05) is 21.3 Å². The first-order chi connectivity index (χ1) is 12.7. The summed E-state index contributed by atoms with van der Waals surface area (Å²) in [7, 11) is 4.50. The van der Waals surface area contributed by atoms with Gasteiger partial charge in [0.25, 0.3) is 0 Å². The standard InChI is InChI=1S/C19H20N2O5/c1-23-15-9-13(10-16(24-2)17(15)25-3)26-19(22)14-11-20-18(21-14)12-7-5-4-6-8-12/h5,7-11H,4,6H2,1-3H3,(H,20,21). The summed E-state index contributed by atoms with van der Waals surface area (Å²) >= 11 is 0. The Morgan fingerprint density at radius 1 is 1.08 bits per heavy atom. The number of carbonyl (C=O) groups excluding carboxylic acids is 1. The third-order valence-corrected chi connectivity index (χ3v) is 3.91. The summed E-state index contributed by atoms with van der Waals surface area (Å²) in [5, 5.41) is 0. The van der Waals surface area contributed by atoms with E-state index in [1.807, 2.05) is 6.08 Å². The van der Waals surface area contributed by atoms with Gasteiger partial charge >= 0.3 is 5.97 Å². The Morgan fingerprint density at radius 2 is 1.81 bits per heavy atom. The highest BCUT2D eigenvalue weighted by Crippen LogP contribution is 2.40. The van der Waals surface area contributed by atoms with E-state index in [9.17, 15) is 4.79 Å². The van der Waals surface area contributed by atoms with Gasteiger partial charge in [-0.15, -0.1) is 0 Å². The first-order valence-electron chi connectivity index (χ1n) is 8.10. The molecule has 0 radical (unpaired) electrons. The average Bonchev–Trinajstić information content (AvgIpc) is 3.18. The number of esters is 1. The van der Waals surface area contributed by atoms with Crippen LogP contribution in [-0.2, 0) is 0 Å². The molecule has 2 aromatic rings. The van der Waals surface area contributed by atoms with E-state index in [0.717, 1.165) is 18.4 Å². The lowest BCUT2D eigenvalue weighted by atomic mass is 10.1. The van der Waals surface area contributed by atoms with Gasteiger partial charge in [-0.1, -0.05) is 18.2 Å². The van der Waals surface area contributed by atoms with Gasteiger partial charge in [0.1, 0.15) is 17.3 Å². The molecule has 0 saturated heterocycles. The molecule has 7 heteroatoms. The molecule has 1 aromatic heterocycles. The van der Waals surface area contributed by atoms with E-state index >= 15 is 0 Å². The number of rotatable bonds is 6. The number of hydrogen-bond donors (Lipinski definition) is 1. The zero-order valence-corrected chi connectivity index (χ0v) is 14.9. The number of nitrogens with one attached hydrogen (secondary N) is 1. The second-order valence-electron chi connectivity index (χ2n) is 5.54. The topological polar surface area (TPSA) is 82.7 Å². The van der Waals surface area contributed by atoms with Crippen LogP contribution in [0.1, 0.15) is 29.2 Å². The van der Waals surface area contributed by atoms with Gasteiger partial charge in [-0.2, -0.15) is 0 Å². The molecule has 1 aliphatic carbocycles. The van der Waals surface area contributed by atoms with E-state index in [4.69, 9.17) is 18.9 Å². The van der Waals surface area contributed by atoms with Crippen LogP contribution in [0.3, 0.4) is 0 Å². The van der Waals surface area contributed by atoms with Crippen LogP contribution in [0.5, 0.6) is 23.0 Å². The van der Waals surface area contributed by atoms with E-state index in [2.05, 4.69) is 22.1 Å². The van der Waals surface area contributed by atoms with Crippen molar-refractivity contribution in [3.8, 4) is 23.0 Å². The number of allylic oxidation sites excluding steroid dienone is 4. The fourth-order valence-corrected chi connectivity index (χ4v) is 2.64. The monoisotopic (exact) mass is 356 g/mol. The molecule has 0 saturated carbocycles. The van der Waals surface area contributed by atoms with Crippen molar-refractivity contribution >= 4 is 11.5 Å². The second-order valence-corrected chi connectivity index (χ2v) is 5.54. The fourth-order valence-electron chi connectivity index (χ4n) is 2.64. The number of methoxy groups -OCH3 is 3. The number of aromatic amines is 1. The lowest BCUT2D eigenvalue weighted by Crippen LogP contribution is -2.09. The Bertz CT molecular complexity index is 842. The summed E-state index contributed by atoms with van der Waals surface area (Å²) in [6.45, 7) is 0. The molecule has 0 fully saturated rings. The Hall–Kier alpha value is -3.22. The van der Waals surface area contributed by atoms with Crippen LogP contribution in [0.15, 0.2) is 36.6 Å². The van der Waals surface area contributed by atoms with Gasteiger partial charge in [-0.25, -0.2) is 9.78 Å². The van der Waals surface area contributed by atoms with Crippen LogP contribution in [0.4, 0.5) is 0 Å². The zero-order valence-electron chi connectivity index (χ0n) is 14.9. The molecular formula is C19H20N2O5. The summed E-state index contributed by atoms with van der Waals surface area (Å²) in [6.07, 6.45) is 9.56. The van der Waals surface area contributed by atoms with Crippen molar-refractivity contribution in [1.29, 1.82) is 0 Å². The van der Waals surface area contributed by atoms with Crippen LogP contribution >= 0.6 is 0 Å². The number of carbonyl (C=O) groups is 1. The maximum atomic E-state index is 12.4. The minimum Gasteiger partial charge on any atom is -0.493 e. The number of ether oxygens (including phenoxy) is 4. The van der Waals surface area contributed by atoms with Gasteiger partial charge in [0, 0.05) is 17.7 Å². The number of nitrogens with zero attached hydrogens (tertiary/aromatic N) is 1. The molecule has 0 aliphatic heterocycles. The fraction of sp³-hybridized carbons (Fsp3) is 0.263. The molecule has 0 amide bonds. The van der Waals surface area contributed by atoms with Gasteiger partial charge in [0.05, 0.1) is 27.5 Å². The van der Waals surface area contributed by atoms with Gasteiger partial charge in [0.15, 0.2) is 11.5 Å². The highest BCUT2D eigenvalue weighted by Gasteiger charge is 2.18. The Morgan fingerprint density at radius 3 is 2.38 bits per heavy atom. The highest BCUT2D eigenvalue weighted by molar-refractivity contribution is 5.89. The average molecular weight is 356 g/mol. The molecule has 1 heterocycles. The number of imidazole rings is 1. The van der Waals surface area contributed by atoms with Crippen LogP contribution in [-0.4, -0.2) is 37.3 Å². The molecule has 0 unspecified atom stereocenters. The number of hydrogen-bond acceptors (Lipinski definition) is 6. The predicted octanol–water partition coefficient (Wildman–Crippen LogP) is 3.39. The van der Waals surface area contributed by atoms with E-state index in [1.165, 1.54) is 27.5 Å². The van der Waals surface area contributed by atoms with Gasteiger partial charge in [0.2, 0.25) is 5.75 Å². The van der Waals surface area contributed by atoms with Crippen LogP contribution < -0.4 is 18.9 Å². The van der Waals surface area contributed by atoms with Crippen LogP contribution in [0.2, 0.25) is 0 Å². The molecule has 1 aromatic carbocycles. The molecule has 0 atom stereocenters. The lowest BCUT2D eigenvalue weighted by molar-refractivity contribution is 0.0728. The van der Waals surface area contributed by atoms with Crippen LogP contribution in [0.25, 0.3) is 5.57 Å². The van der Waals surface area contributed by atoms with Gasteiger partial charge < -0.3 is 23.9 Å². The minimum atomic E-state index is -0.557. The first kappa shape index (κ1) is 17.6. The van der Waals surface area contributed by atoms with Crippen molar-refractivity contribution in [3.05, 3.63) is 48.1 Å². The SMILES string of the molecule is COc1cc(OC(=O)c2cnc(C3=CCCC=C3)[nH]2)cc(OC)c1OC. The lowest BCUT2D eigenvalue weighted by Gasteiger charge is -2.13. The quantitative estimate of drug-likeness (QED) is 0.631. The highest BCUT2D eigenvalue weighted by atomic mass is 16.5. The van der Waals surface area contributed by atoms with Gasteiger partial charge in [-0.3, -0.25) is 0 Å². The van der Waals surface area contributed by atoms with Crippen molar-refractivity contribution in [2.24, 2.45) is 0 Å². The van der Waals surface area contributed by atoms with Crippen LogP contribution in [0, 0.1) is 0 Å². The zero-order chi connectivity index (χ0) is 18.5. The number of benzene rings is 1. The largest absolute Gasteiger partial charge is 0.493 e. The van der Waals surface area contributed by atoms with E-state index in [1.54, 1.807) is 12.1 Å². The maximum absolute atomic E-state index is 12.4. The predicted molar refractivity (Wildman–Crippen MR) is 96.0 cm³/mol. The molecule has 0 spiro atoms. The summed E-state index contributed by atoms with van der Waals surface area (Å²) < 4.78 is 21.2. The van der Waals surface area contributed by atoms with E-state index in [-0.39, 0.29) is 11.4 Å². The van der Waals surface area contributed by atoms with Crippen molar-refractivity contribution in [3.63, 3.8) is 0 Å². The van der Waals surface area contributed by atoms with E-state index < -0.39 is 5.97 Å². The molecule has 1 N–H and O–H groups in total.